The highest BCUT2D eigenvalue weighted by molar-refractivity contribution is 5.63. The van der Waals surface area contributed by atoms with Gasteiger partial charge in [-0.2, -0.15) is 0 Å². The van der Waals surface area contributed by atoms with Gasteiger partial charge in [-0.1, -0.05) is 0 Å². The summed E-state index contributed by atoms with van der Waals surface area (Å²) in [6, 6.07) is 3.86. The van der Waals surface area contributed by atoms with Crippen LogP contribution in [0.3, 0.4) is 0 Å². The number of hydrogen-bond acceptors (Lipinski definition) is 6. The highest BCUT2D eigenvalue weighted by Gasteiger charge is 2.43. The van der Waals surface area contributed by atoms with Crippen LogP contribution in [-0.4, -0.2) is 64.7 Å². The molecule has 3 atom stereocenters. The van der Waals surface area contributed by atoms with Crippen LogP contribution in [0.5, 0.6) is 0 Å². The van der Waals surface area contributed by atoms with Gasteiger partial charge < -0.3 is 15.2 Å². The Kier molecular flexibility index (Phi) is 6.47. The van der Waals surface area contributed by atoms with E-state index in [1.54, 1.807) is 0 Å². The van der Waals surface area contributed by atoms with Crippen LogP contribution in [0.25, 0.3) is 11.3 Å². The lowest BCUT2D eigenvalue weighted by Crippen LogP contribution is -2.46. The van der Waals surface area contributed by atoms with Gasteiger partial charge >= 0.3 is 0 Å². The molecule has 6 nitrogen and oxygen atoms in total. The Labute approximate surface area is 195 Å². The van der Waals surface area contributed by atoms with Gasteiger partial charge in [-0.05, 0) is 48.9 Å². The van der Waals surface area contributed by atoms with Crippen molar-refractivity contribution in [1.82, 2.24) is 15.1 Å². The first-order valence-electron chi connectivity index (χ1n) is 11.7. The smallest absolute Gasteiger partial charge is 0.267 e. The van der Waals surface area contributed by atoms with E-state index < -0.39 is 23.7 Å². The monoisotopic (exact) mass is 480 g/mol. The molecule has 1 aliphatic carbocycles. The maximum atomic E-state index is 14.1. The molecule has 2 aromatic rings. The zero-order valence-electron chi connectivity index (χ0n) is 18.7. The zero-order chi connectivity index (χ0) is 23.9. The quantitative estimate of drug-likeness (QED) is 0.609. The van der Waals surface area contributed by atoms with Gasteiger partial charge in [0.05, 0.1) is 16.9 Å². The summed E-state index contributed by atoms with van der Waals surface area (Å²) in [4.78, 5) is 2.31. The number of β-amino-alcohol motifs (C(OH)–C–C–N with tert-alkyl or cyclic N) is 1. The van der Waals surface area contributed by atoms with E-state index >= 15 is 0 Å². The SMILES string of the molecule is OC1(CN2C[C@H]3C[C@@H](Nc4nnc(-c5cc(F)ccc5F)cc4C(F)F)C[C@H]3C2)CCOCC1. The molecule has 2 N–H and O–H groups in total. The number of nitrogens with zero attached hydrogens (tertiary/aromatic N) is 3. The van der Waals surface area contributed by atoms with Crippen molar-refractivity contribution in [1.29, 1.82) is 0 Å². The second-order valence-electron chi connectivity index (χ2n) is 9.82. The molecule has 3 fully saturated rings. The van der Waals surface area contributed by atoms with Crippen molar-refractivity contribution in [3.05, 3.63) is 41.5 Å². The molecule has 10 heteroatoms. The van der Waals surface area contributed by atoms with E-state index in [0.717, 1.165) is 50.2 Å². The molecular formula is C24H28F4N4O2. The van der Waals surface area contributed by atoms with Gasteiger partial charge in [-0.15, -0.1) is 10.2 Å². The van der Waals surface area contributed by atoms with Crippen LogP contribution >= 0.6 is 0 Å². The molecule has 3 aliphatic rings. The lowest BCUT2D eigenvalue weighted by molar-refractivity contribution is -0.0779. The van der Waals surface area contributed by atoms with Crippen molar-refractivity contribution in [3.8, 4) is 11.3 Å². The number of nitrogens with one attached hydrogen (secondary N) is 1. The Morgan fingerprint density at radius 2 is 1.79 bits per heavy atom. The standard InChI is InChI=1S/C24H28F4N4O2/c25-16-1-2-20(26)18(9-16)21-10-19(22(27)28)23(31-30-21)29-17-7-14-11-32(12-15(14)8-17)13-24(33)3-5-34-6-4-24/h1-2,9-10,14-15,17,22,33H,3-8,11-13H2,(H,29,31)/t14-,15+,17-. The molecule has 34 heavy (non-hydrogen) atoms. The van der Waals surface area contributed by atoms with Crippen molar-refractivity contribution >= 4 is 5.82 Å². The topological polar surface area (TPSA) is 70.5 Å². The summed E-state index contributed by atoms with van der Waals surface area (Å²) < 4.78 is 60.6. The van der Waals surface area contributed by atoms with E-state index in [2.05, 4.69) is 20.4 Å². The predicted octanol–water partition coefficient (Wildman–Crippen LogP) is 4.02. The molecule has 1 saturated carbocycles. The van der Waals surface area contributed by atoms with Crippen molar-refractivity contribution in [2.45, 2.75) is 43.8 Å². The summed E-state index contributed by atoms with van der Waals surface area (Å²) in [7, 11) is 0. The molecule has 0 spiro atoms. The molecule has 184 valence electrons. The molecule has 1 aromatic carbocycles. The van der Waals surface area contributed by atoms with Gasteiger partial charge in [0.1, 0.15) is 11.6 Å². The molecule has 5 rings (SSSR count). The molecule has 2 saturated heterocycles. The van der Waals surface area contributed by atoms with Crippen LogP contribution in [-0.2, 0) is 4.74 Å². The largest absolute Gasteiger partial charge is 0.388 e. The van der Waals surface area contributed by atoms with Crippen LogP contribution in [0.4, 0.5) is 23.4 Å². The Morgan fingerprint density at radius 3 is 2.47 bits per heavy atom. The third kappa shape index (κ3) is 4.89. The van der Waals surface area contributed by atoms with E-state index in [1.165, 1.54) is 0 Å². The fourth-order valence-electron chi connectivity index (χ4n) is 5.67. The fraction of sp³-hybridized carbons (Fsp3) is 0.583. The van der Waals surface area contributed by atoms with E-state index in [0.29, 0.717) is 44.4 Å². The number of benzene rings is 1. The Bertz CT molecular complexity index is 1020. The number of rotatable bonds is 6. The summed E-state index contributed by atoms with van der Waals surface area (Å²) in [5.41, 5.74) is -1.42. The Hall–Kier alpha value is -2.30. The molecule has 0 unspecified atom stereocenters. The minimum Gasteiger partial charge on any atom is -0.388 e. The maximum absolute atomic E-state index is 14.1. The van der Waals surface area contributed by atoms with Crippen molar-refractivity contribution < 1.29 is 27.4 Å². The van der Waals surface area contributed by atoms with Crippen LogP contribution in [0.1, 0.15) is 37.7 Å². The van der Waals surface area contributed by atoms with Gasteiger partial charge in [-0.3, -0.25) is 4.90 Å². The number of hydrogen-bond donors (Lipinski definition) is 2. The van der Waals surface area contributed by atoms with Crippen LogP contribution in [0, 0.1) is 23.5 Å². The third-order valence-electron chi connectivity index (χ3n) is 7.37. The van der Waals surface area contributed by atoms with Gasteiger partial charge in [0.15, 0.2) is 5.82 Å². The summed E-state index contributed by atoms with van der Waals surface area (Å²) >= 11 is 0. The zero-order valence-corrected chi connectivity index (χ0v) is 18.7. The molecule has 3 heterocycles. The summed E-state index contributed by atoms with van der Waals surface area (Å²) in [6.07, 6.45) is 0.0759. The third-order valence-corrected chi connectivity index (χ3v) is 7.37. The number of ether oxygens (including phenoxy) is 1. The van der Waals surface area contributed by atoms with E-state index in [9.17, 15) is 22.7 Å². The number of fused-ring (bicyclic) bond motifs is 1. The van der Waals surface area contributed by atoms with Gasteiger partial charge in [0, 0.05) is 57.3 Å². The van der Waals surface area contributed by atoms with Crippen LogP contribution in [0.15, 0.2) is 24.3 Å². The van der Waals surface area contributed by atoms with Crippen LogP contribution in [0.2, 0.25) is 0 Å². The molecule has 2 aliphatic heterocycles. The highest BCUT2D eigenvalue weighted by Crippen LogP contribution is 2.41. The van der Waals surface area contributed by atoms with E-state index in [-0.39, 0.29) is 28.7 Å². The highest BCUT2D eigenvalue weighted by atomic mass is 19.3. The summed E-state index contributed by atoms with van der Waals surface area (Å²) in [5.74, 6) is -0.618. The van der Waals surface area contributed by atoms with Gasteiger partial charge in [0.25, 0.3) is 6.43 Å². The van der Waals surface area contributed by atoms with Crippen molar-refractivity contribution in [2.75, 3.05) is 38.2 Å². The maximum Gasteiger partial charge on any atom is 0.267 e. The molecule has 0 radical (unpaired) electrons. The number of anilines is 1. The first-order valence-corrected chi connectivity index (χ1v) is 11.7. The average molecular weight is 481 g/mol. The van der Waals surface area contributed by atoms with Gasteiger partial charge in [0.2, 0.25) is 0 Å². The first-order chi connectivity index (χ1) is 16.3. The molecule has 0 amide bonds. The Morgan fingerprint density at radius 1 is 1.09 bits per heavy atom. The molecule has 1 aromatic heterocycles. The average Bonchev–Trinajstić information content (AvgIpc) is 3.33. The number of halogens is 4. The van der Waals surface area contributed by atoms with Gasteiger partial charge in [-0.25, -0.2) is 17.6 Å². The molecule has 0 bridgehead atoms. The molecular weight excluding hydrogens is 452 g/mol. The lowest BCUT2D eigenvalue weighted by Gasteiger charge is -2.35. The van der Waals surface area contributed by atoms with E-state index in [4.69, 9.17) is 4.74 Å². The summed E-state index contributed by atoms with van der Waals surface area (Å²) in [6.45, 7) is 3.55. The first kappa shape index (κ1) is 23.4. The van der Waals surface area contributed by atoms with Crippen molar-refractivity contribution in [2.24, 2.45) is 11.8 Å². The number of aliphatic hydroxyl groups is 1. The predicted molar refractivity (Wildman–Crippen MR) is 117 cm³/mol. The number of alkyl halides is 2. The lowest BCUT2D eigenvalue weighted by atomic mass is 9.94. The normalized spacial score (nSPS) is 26.7. The number of aromatic nitrogens is 2. The second kappa shape index (κ2) is 9.39. The van der Waals surface area contributed by atoms with Crippen LogP contribution < -0.4 is 5.32 Å². The summed E-state index contributed by atoms with van der Waals surface area (Å²) in [5, 5.41) is 21.7. The minimum atomic E-state index is -2.84. The minimum absolute atomic E-state index is 0.0195. The Balaban J connectivity index is 1.24. The van der Waals surface area contributed by atoms with E-state index in [1.807, 2.05) is 0 Å². The number of likely N-dealkylation sites (tertiary alicyclic amines) is 1. The second-order valence-corrected chi connectivity index (χ2v) is 9.82. The fourth-order valence-corrected chi connectivity index (χ4v) is 5.67. The van der Waals surface area contributed by atoms with Crippen molar-refractivity contribution in [3.63, 3.8) is 0 Å².